The van der Waals surface area contributed by atoms with Crippen LogP contribution in [-0.4, -0.2) is 24.2 Å². The molecule has 1 unspecified atom stereocenters. The predicted octanol–water partition coefficient (Wildman–Crippen LogP) is 1.89. The third-order valence-corrected chi connectivity index (χ3v) is 2.53. The molecule has 2 N–H and O–H groups in total. The van der Waals surface area contributed by atoms with Gasteiger partial charge in [0.1, 0.15) is 5.54 Å². The Kier molecular flexibility index (Phi) is 4.51. The quantitative estimate of drug-likeness (QED) is 0.340. The molecule has 1 aromatic carbocycles. The van der Waals surface area contributed by atoms with Crippen molar-refractivity contribution in [2.24, 2.45) is 5.11 Å². The number of rotatable bonds is 6. The van der Waals surface area contributed by atoms with Gasteiger partial charge >= 0.3 is 5.97 Å². The van der Waals surface area contributed by atoms with Gasteiger partial charge in [0.2, 0.25) is 0 Å². The number of carboxylic acids is 1. The van der Waals surface area contributed by atoms with E-state index in [1.54, 1.807) is 31.2 Å². The Balaban J connectivity index is 2.83. The summed E-state index contributed by atoms with van der Waals surface area (Å²) in [6.07, 6.45) is 0. The first kappa shape index (κ1) is 13.0. The summed E-state index contributed by atoms with van der Waals surface area (Å²) in [5.74, 6) is -0.968. The maximum Gasteiger partial charge on any atom is 0.328 e. The zero-order chi connectivity index (χ0) is 12.7. The Morgan fingerprint density at radius 2 is 2.18 bits per heavy atom. The number of nitrogens with zero attached hydrogens (tertiary/aromatic N) is 3. The average molecular weight is 234 g/mol. The molecule has 0 fully saturated rings. The topological polar surface area (TPSA) is 98.1 Å². The number of carbonyl (C=O) groups is 1. The Labute approximate surface area is 98.9 Å². The van der Waals surface area contributed by atoms with Crippen molar-refractivity contribution >= 4 is 5.97 Å². The first-order valence-electron chi connectivity index (χ1n) is 5.16. The van der Waals surface area contributed by atoms with Gasteiger partial charge in [-0.05, 0) is 18.0 Å². The second kappa shape index (κ2) is 5.89. The summed E-state index contributed by atoms with van der Waals surface area (Å²) in [4.78, 5) is 13.9. The number of nitrogens with one attached hydrogen (secondary N) is 1. The van der Waals surface area contributed by atoms with Gasteiger partial charge in [-0.1, -0.05) is 35.4 Å². The molecule has 0 aromatic heterocycles. The van der Waals surface area contributed by atoms with Crippen LogP contribution in [0.25, 0.3) is 10.4 Å². The summed E-state index contributed by atoms with van der Waals surface area (Å²) in [7, 11) is 0. The molecule has 0 saturated carbocycles. The molecule has 1 rings (SSSR count). The number of azide groups is 1. The van der Waals surface area contributed by atoms with Crippen LogP contribution < -0.4 is 5.32 Å². The van der Waals surface area contributed by atoms with E-state index in [0.29, 0.717) is 12.1 Å². The third-order valence-electron chi connectivity index (χ3n) is 2.53. The maximum atomic E-state index is 11.3. The standard InChI is InChI=1S/C11H14N4O2/c1-11(10(16)17,13-7-8-14-15-12)9-5-3-2-4-6-9/h2-6,13H,7-8H2,1H3,(H,16,17). The zero-order valence-electron chi connectivity index (χ0n) is 9.50. The minimum absolute atomic E-state index is 0.214. The monoisotopic (exact) mass is 234 g/mol. The normalized spacial score (nSPS) is 13.5. The number of hydrogen-bond donors (Lipinski definition) is 2. The van der Waals surface area contributed by atoms with Gasteiger partial charge in [-0.15, -0.1) is 0 Å². The Morgan fingerprint density at radius 3 is 2.71 bits per heavy atom. The molecule has 1 aromatic rings. The Hall–Kier alpha value is -2.04. The largest absolute Gasteiger partial charge is 0.480 e. The number of benzene rings is 1. The van der Waals surface area contributed by atoms with E-state index in [4.69, 9.17) is 5.53 Å². The highest BCUT2D eigenvalue weighted by Gasteiger charge is 2.34. The molecule has 0 amide bonds. The van der Waals surface area contributed by atoms with Gasteiger partial charge in [0.15, 0.2) is 0 Å². The lowest BCUT2D eigenvalue weighted by Crippen LogP contribution is -2.47. The molecule has 0 spiro atoms. The van der Waals surface area contributed by atoms with Crippen LogP contribution in [0.5, 0.6) is 0 Å². The van der Waals surface area contributed by atoms with Crippen LogP contribution in [0.3, 0.4) is 0 Å². The van der Waals surface area contributed by atoms with Crippen LogP contribution in [0.4, 0.5) is 0 Å². The fraction of sp³-hybridized carbons (Fsp3) is 0.364. The lowest BCUT2D eigenvalue weighted by Gasteiger charge is -2.26. The highest BCUT2D eigenvalue weighted by molar-refractivity contribution is 5.80. The van der Waals surface area contributed by atoms with Gasteiger partial charge < -0.3 is 5.11 Å². The Bertz CT molecular complexity index is 428. The minimum Gasteiger partial charge on any atom is -0.480 e. The SMILES string of the molecule is CC(NCCN=[N+]=[N-])(C(=O)O)c1ccccc1. The van der Waals surface area contributed by atoms with Crippen LogP contribution >= 0.6 is 0 Å². The lowest BCUT2D eigenvalue weighted by atomic mass is 9.92. The van der Waals surface area contributed by atoms with Crippen molar-refractivity contribution < 1.29 is 9.90 Å². The molecule has 0 aliphatic carbocycles. The molecule has 6 heteroatoms. The van der Waals surface area contributed by atoms with Gasteiger partial charge in [0.25, 0.3) is 0 Å². The molecule has 0 saturated heterocycles. The van der Waals surface area contributed by atoms with Gasteiger partial charge in [0.05, 0.1) is 0 Å². The smallest absolute Gasteiger partial charge is 0.328 e. The molecule has 0 bridgehead atoms. The van der Waals surface area contributed by atoms with Crippen molar-refractivity contribution in [3.63, 3.8) is 0 Å². The van der Waals surface area contributed by atoms with Gasteiger partial charge in [-0.2, -0.15) is 0 Å². The van der Waals surface area contributed by atoms with Crippen LogP contribution in [0.2, 0.25) is 0 Å². The molecular weight excluding hydrogens is 220 g/mol. The number of hydrogen-bond acceptors (Lipinski definition) is 3. The third kappa shape index (κ3) is 3.21. The summed E-state index contributed by atoms with van der Waals surface area (Å²) in [5.41, 5.74) is 7.62. The number of carboxylic acid groups (broad SMARTS) is 1. The summed E-state index contributed by atoms with van der Waals surface area (Å²) < 4.78 is 0. The van der Waals surface area contributed by atoms with Crippen LogP contribution in [-0.2, 0) is 10.3 Å². The summed E-state index contributed by atoms with van der Waals surface area (Å²) in [5, 5.41) is 15.5. The maximum absolute atomic E-state index is 11.3. The minimum atomic E-state index is -1.17. The average Bonchev–Trinajstić information content (AvgIpc) is 2.35. The summed E-state index contributed by atoms with van der Waals surface area (Å²) >= 11 is 0. The fourth-order valence-electron chi connectivity index (χ4n) is 1.47. The molecule has 0 heterocycles. The van der Waals surface area contributed by atoms with E-state index in [-0.39, 0.29) is 6.54 Å². The fourth-order valence-corrected chi connectivity index (χ4v) is 1.47. The van der Waals surface area contributed by atoms with E-state index < -0.39 is 11.5 Å². The molecule has 90 valence electrons. The summed E-state index contributed by atoms with van der Waals surface area (Å²) in [6.45, 7) is 2.11. The predicted molar refractivity (Wildman–Crippen MR) is 63.4 cm³/mol. The van der Waals surface area contributed by atoms with Crippen molar-refractivity contribution in [2.45, 2.75) is 12.5 Å². The molecule has 0 aliphatic heterocycles. The van der Waals surface area contributed by atoms with Crippen LogP contribution in [0, 0.1) is 0 Å². The van der Waals surface area contributed by atoms with E-state index in [2.05, 4.69) is 15.3 Å². The van der Waals surface area contributed by atoms with Gasteiger partial charge in [-0.25, -0.2) is 4.79 Å². The second-order valence-electron chi connectivity index (χ2n) is 3.68. The van der Waals surface area contributed by atoms with E-state index >= 15 is 0 Å². The van der Waals surface area contributed by atoms with Crippen LogP contribution in [0.15, 0.2) is 35.4 Å². The van der Waals surface area contributed by atoms with E-state index in [1.807, 2.05) is 6.07 Å². The first-order valence-corrected chi connectivity index (χ1v) is 5.16. The molecule has 17 heavy (non-hydrogen) atoms. The van der Waals surface area contributed by atoms with Crippen molar-refractivity contribution in [1.82, 2.24) is 5.32 Å². The van der Waals surface area contributed by atoms with Crippen molar-refractivity contribution in [3.8, 4) is 0 Å². The van der Waals surface area contributed by atoms with Crippen molar-refractivity contribution in [3.05, 3.63) is 46.3 Å². The lowest BCUT2D eigenvalue weighted by molar-refractivity contribution is -0.144. The van der Waals surface area contributed by atoms with Gasteiger partial charge in [0, 0.05) is 18.0 Å². The van der Waals surface area contributed by atoms with E-state index in [9.17, 15) is 9.90 Å². The van der Waals surface area contributed by atoms with Crippen molar-refractivity contribution in [1.29, 1.82) is 0 Å². The number of aliphatic carboxylic acids is 1. The van der Waals surface area contributed by atoms with E-state index in [0.717, 1.165) is 0 Å². The second-order valence-corrected chi connectivity index (χ2v) is 3.68. The Morgan fingerprint density at radius 1 is 1.53 bits per heavy atom. The van der Waals surface area contributed by atoms with E-state index in [1.165, 1.54) is 0 Å². The summed E-state index contributed by atoms with van der Waals surface area (Å²) in [6, 6.07) is 8.88. The molecular formula is C11H14N4O2. The first-order chi connectivity index (χ1) is 8.11. The molecule has 0 aliphatic rings. The zero-order valence-corrected chi connectivity index (χ0v) is 9.50. The van der Waals surface area contributed by atoms with Gasteiger partial charge in [-0.3, -0.25) is 5.32 Å². The molecule has 0 radical (unpaired) electrons. The van der Waals surface area contributed by atoms with Crippen molar-refractivity contribution in [2.75, 3.05) is 13.1 Å². The highest BCUT2D eigenvalue weighted by Crippen LogP contribution is 2.20. The molecule has 6 nitrogen and oxygen atoms in total. The highest BCUT2D eigenvalue weighted by atomic mass is 16.4. The molecule has 1 atom stereocenters. The van der Waals surface area contributed by atoms with Crippen LogP contribution in [0.1, 0.15) is 12.5 Å².